The maximum absolute atomic E-state index is 5.65. The van der Waals surface area contributed by atoms with Crippen LogP contribution in [0.2, 0.25) is 0 Å². The summed E-state index contributed by atoms with van der Waals surface area (Å²) in [7, 11) is 4.05. The first-order valence-corrected chi connectivity index (χ1v) is 17.1. The monoisotopic (exact) mass is 623 g/mol. The average Bonchev–Trinajstić information content (AvgIpc) is 3.00. The molecule has 0 aromatic heterocycles. The molecule has 0 fully saturated rings. The van der Waals surface area contributed by atoms with Gasteiger partial charge in [-0.05, 0) is 20.5 Å². The maximum atomic E-state index is 5.65. The first-order valence-electron chi connectivity index (χ1n) is 17.1. The van der Waals surface area contributed by atoms with Crippen molar-refractivity contribution in [3.63, 3.8) is 0 Å². The van der Waals surface area contributed by atoms with Crippen LogP contribution in [0.15, 0.2) is 0 Å². The van der Waals surface area contributed by atoms with Gasteiger partial charge in [0, 0.05) is 13.2 Å². The Morgan fingerprint density at radius 1 is 0.279 bits per heavy atom. The van der Waals surface area contributed by atoms with E-state index in [-0.39, 0.29) is 0 Å². The van der Waals surface area contributed by atoms with E-state index in [0.717, 1.165) is 26.2 Å². The van der Waals surface area contributed by atoms with Crippen LogP contribution in [0.1, 0.15) is 77.6 Å². The first-order chi connectivity index (χ1) is 21.3. The van der Waals surface area contributed by atoms with Gasteiger partial charge in [0.1, 0.15) is 0 Å². The minimum atomic E-state index is 0.539. The maximum Gasteiger partial charge on any atom is 0.0701 e. The molecule has 0 saturated carbocycles. The van der Waals surface area contributed by atoms with E-state index in [1.807, 2.05) is 14.1 Å². The number of hydrogen-bond acceptors (Lipinski definition) is 10. The molecule has 0 aliphatic carbocycles. The van der Waals surface area contributed by atoms with E-state index in [1.165, 1.54) is 64.2 Å². The van der Waals surface area contributed by atoms with E-state index < -0.39 is 0 Å². The average molecular weight is 624 g/mol. The summed E-state index contributed by atoms with van der Waals surface area (Å²) < 4.78 is 49.6. The smallest absolute Gasteiger partial charge is 0.0701 e. The van der Waals surface area contributed by atoms with Crippen LogP contribution >= 0.6 is 0 Å². The Hall–Kier alpha value is -0.400. The molecule has 260 valence electrons. The molecular formula is C33H69NO9. The van der Waals surface area contributed by atoms with Crippen LogP contribution in [0.25, 0.3) is 0 Å². The van der Waals surface area contributed by atoms with Crippen molar-refractivity contribution in [3.8, 4) is 0 Å². The largest absolute Gasteiger partial charge is 0.379 e. The van der Waals surface area contributed by atoms with Crippen LogP contribution in [-0.2, 0) is 42.6 Å². The zero-order chi connectivity index (χ0) is 31.2. The molecule has 0 saturated heterocycles. The van der Waals surface area contributed by atoms with Gasteiger partial charge in [-0.3, -0.25) is 0 Å². The zero-order valence-electron chi connectivity index (χ0n) is 28.3. The second-order valence-corrected chi connectivity index (χ2v) is 10.9. The predicted octanol–water partition coefficient (Wildman–Crippen LogP) is 5.01. The van der Waals surface area contributed by atoms with Gasteiger partial charge in [0.25, 0.3) is 0 Å². The molecule has 0 amide bonds. The van der Waals surface area contributed by atoms with Gasteiger partial charge in [0.15, 0.2) is 0 Å². The number of likely N-dealkylation sites (N-methyl/N-ethyl adjacent to an activating group) is 1. The zero-order valence-corrected chi connectivity index (χ0v) is 28.3. The van der Waals surface area contributed by atoms with E-state index in [9.17, 15) is 0 Å². The highest BCUT2D eigenvalue weighted by Crippen LogP contribution is 2.11. The molecule has 0 aliphatic heterocycles. The van der Waals surface area contributed by atoms with E-state index in [0.29, 0.717) is 106 Å². The van der Waals surface area contributed by atoms with E-state index in [2.05, 4.69) is 11.8 Å². The lowest BCUT2D eigenvalue weighted by Crippen LogP contribution is -2.19. The predicted molar refractivity (Wildman–Crippen MR) is 172 cm³/mol. The van der Waals surface area contributed by atoms with Crippen molar-refractivity contribution in [1.82, 2.24) is 4.90 Å². The third-order valence-electron chi connectivity index (χ3n) is 6.55. The lowest BCUT2D eigenvalue weighted by molar-refractivity contribution is -0.0251. The van der Waals surface area contributed by atoms with Crippen molar-refractivity contribution in [2.24, 2.45) is 0 Å². The Balaban J connectivity index is 3.03. The highest BCUT2D eigenvalue weighted by Gasteiger charge is 1.97. The van der Waals surface area contributed by atoms with Crippen molar-refractivity contribution >= 4 is 0 Å². The molecule has 0 heterocycles. The Morgan fingerprint density at radius 3 is 0.791 bits per heavy atom. The quantitative estimate of drug-likeness (QED) is 0.0872. The van der Waals surface area contributed by atoms with Crippen LogP contribution in [0.3, 0.4) is 0 Å². The first kappa shape index (κ1) is 42.6. The van der Waals surface area contributed by atoms with Crippen molar-refractivity contribution in [1.29, 1.82) is 0 Å². The minimum Gasteiger partial charge on any atom is -0.379 e. The SMILES string of the molecule is CCCCCCCCCCCCCOCCOCCOCCOCCOCCOCCOCCOCCOCCN(C)C. The van der Waals surface area contributed by atoms with Crippen molar-refractivity contribution in [2.75, 3.05) is 140 Å². The van der Waals surface area contributed by atoms with Crippen molar-refractivity contribution in [3.05, 3.63) is 0 Å². The lowest BCUT2D eigenvalue weighted by Gasteiger charge is -2.10. The van der Waals surface area contributed by atoms with Gasteiger partial charge in [0.2, 0.25) is 0 Å². The van der Waals surface area contributed by atoms with Crippen LogP contribution in [0, 0.1) is 0 Å². The van der Waals surface area contributed by atoms with Crippen molar-refractivity contribution < 1.29 is 42.6 Å². The number of nitrogens with zero attached hydrogens (tertiary/aromatic N) is 1. The van der Waals surface area contributed by atoms with Gasteiger partial charge in [-0.25, -0.2) is 0 Å². The molecule has 0 unspecified atom stereocenters. The van der Waals surface area contributed by atoms with Crippen LogP contribution in [0.5, 0.6) is 0 Å². The van der Waals surface area contributed by atoms with E-state index >= 15 is 0 Å². The van der Waals surface area contributed by atoms with Gasteiger partial charge in [-0.1, -0.05) is 71.1 Å². The fourth-order valence-corrected chi connectivity index (χ4v) is 3.98. The lowest BCUT2D eigenvalue weighted by atomic mass is 10.1. The number of ether oxygens (including phenoxy) is 9. The minimum absolute atomic E-state index is 0.539. The molecule has 0 radical (unpaired) electrons. The molecule has 0 atom stereocenters. The Morgan fingerprint density at radius 2 is 0.512 bits per heavy atom. The second-order valence-electron chi connectivity index (χ2n) is 10.9. The van der Waals surface area contributed by atoms with Crippen LogP contribution in [0.4, 0.5) is 0 Å². The molecule has 43 heavy (non-hydrogen) atoms. The summed E-state index contributed by atoms with van der Waals surface area (Å²) in [6.45, 7) is 13.9. The fourth-order valence-electron chi connectivity index (χ4n) is 3.98. The van der Waals surface area contributed by atoms with E-state index in [1.54, 1.807) is 0 Å². The highest BCUT2D eigenvalue weighted by molar-refractivity contribution is 4.48. The molecule has 0 aliphatic rings. The molecule has 0 rings (SSSR count). The third kappa shape index (κ3) is 41.6. The summed E-state index contributed by atoms with van der Waals surface area (Å²) in [6, 6.07) is 0. The van der Waals surface area contributed by atoms with Gasteiger partial charge in [0.05, 0.1) is 112 Å². The molecule has 0 aromatic rings. The molecule has 10 heteroatoms. The summed E-state index contributed by atoms with van der Waals surface area (Å²) in [6.07, 6.45) is 14.9. The topological polar surface area (TPSA) is 86.3 Å². The summed E-state index contributed by atoms with van der Waals surface area (Å²) in [4.78, 5) is 2.09. The number of unbranched alkanes of at least 4 members (excludes halogenated alkanes) is 10. The Labute approximate surface area is 264 Å². The Bertz CT molecular complexity index is 489. The second kappa shape index (κ2) is 39.6. The van der Waals surface area contributed by atoms with Crippen molar-refractivity contribution in [2.45, 2.75) is 77.6 Å². The molecule has 0 spiro atoms. The molecule has 0 bridgehead atoms. The van der Waals surface area contributed by atoms with Crippen LogP contribution in [-0.4, -0.2) is 144 Å². The number of hydrogen-bond donors (Lipinski definition) is 0. The fraction of sp³-hybridized carbons (Fsp3) is 1.00. The van der Waals surface area contributed by atoms with Crippen LogP contribution < -0.4 is 0 Å². The molecule has 0 aromatic carbocycles. The summed E-state index contributed by atoms with van der Waals surface area (Å²) in [5.41, 5.74) is 0. The van der Waals surface area contributed by atoms with Gasteiger partial charge < -0.3 is 47.5 Å². The normalized spacial score (nSPS) is 11.7. The highest BCUT2D eigenvalue weighted by atomic mass is 16.6. The molecule has 0 N–H and O–H groups in total. The summed E-state index contributed by atoms with van der Waals surface area (Å²) >= 11 is 0. The standard InChI is InChI=1S/C33H69NO9/c1-4-5-6-7-8-9-10-11-12-13-14-16-35-18-20-37-22-24-39-26-28-41-30-32-43-33-31-42-29-27-40-25-23-38-21-19-36-17-15-34(2)3/h4-33H2,1-3H3. The Kier molecular flexibility index (Phi) is 39.3. The molecular weight excluding hydrogens is 554 g/mol. The number of rotatable bonds is 39. The summed E-state index contributed by atoms with van der Waals surface area (Å²) in [5, 5.41) is 0. The van der Waals surface area contributed by atoms with Gasteiger partial charge >= 0.3 is 0 Å². The molecule has 10 nitrogen and oxygen atoms in total. The summed E-state index contributed by atoms with van der Waals surface area (Å²) in [5.74, 6) is 0. The van der Waals surface area contributed by atoms with Gasteiger partial charge in [-0.15, -0.1) is 0 Å². The van der Waals surface area contributed by atoms with E-state index in [4.69, 9.17) is 42.6 Å². The third-order valence-corrected chi connectivity index (χ3v) is 6.55. The van der Waals surface area contributed by atoms with Gasteiger partial charge in [-0.2, -0.15) is 0 Å².